The van der Waals surface area contributed by atoms with Crippen molar-refractivity contribution in [1.82, 2.24) is 4.90 Å². The van der Waals surface area contributed by atoms with Gasteiger partial charge < -0.3 is 0 Å². The summed E-state index contributed by atoms with van der Waals surface area (Å²) < 4.78 is 0. The van der Waals surface area contributed by atoms with Crippen LogP contribution in [0.25, 0.3) is 0 Å². The minimum Gasteiger partial charge on any atom is -0.274 e. The molecule has 2 amide bonds. The largest absolute Gasteiger partial charge is 0.274 e. The first kappa shape index (κ1) is 7.98. The van der Waals surface area contributed by atoms with Crippen molar-refractivity contribution in [3.8, 4) is 0 Å². The zero-order valence-electron chi connectivity index (χ0n) is 6.54. The summed E-state index contributed by atoms with van der Waals surface area (Å²) in [5.74, 6) is -0.292. The summed E-state index contributed by atoms with van der Waals surface area (Å²) in [6.07, 6.45) is 5.63. The molecule has 1 aliphatic heterocycles. The Kier molecular flexibility index (Phi) is 2.41. The first-order valence-corrected chi connectivity index (χ1v) is 3.71. The summed E-state index contributed by atoms with van der Waals surface area (Å²) in [5.41, 5.74) is 0. The summed E-state index contributed by atoms with van der Waals surface area (Å²) in [6, 6.07) is 0. The van der Waals surface area contributed by atoms with Crippen LogP contribution in [-0.2, 0) is 9.59 Å². The number of hydrogen-bond acceptors (Lipinski definition) is 2. The van der Waals surface area contributed by atoms with Crippen LogP contribution in [0.3, 0.4) is 0 Å². The lowest BCUT2D eigenvalue weighted by molar-refractivity contribution is -0.139. The maximum absolute atomic E-state index is 11.1. The van der Waals surface area contributed by atoms with Crippen molar-refractivity contribution < 1.29 is 9.59 Å². The van der Waals surface area contributed by atoms with E-state index >= 15 is 0 Å². The number of carbonyl (C=O) groups excluding carboxylic acids is 2. The molecule has 0 atom stereocenters. The molecule has 0 saturated carbocycles. The lowest BCUT2D eigenvalue weighted by Crippen LogP contribution is -2.28. The molecule has 0 aromatic rings. The zero-order valence-corrected chi connectivity index (χ0v) is 6.54. The SMILES string of the molecule is CC(=O)N1C=CCCCC1=O. The van der Waals surface area contributed by atoms with Crippen molar-refractivity contribution in [2.75, 3.05) is 0 Å². The van der Waals surface area contributed by atoms with Gasteiger partial charge in [-0.2, -0.15) is 0 Å². The summed E-state index contributed by atoms with van der Waals surface area (Å²) in [6.45, 7) is 1.40. The maximum atomic E-state index is 11.1. The van der Waals surface area contributed by atoms with Crippen LogP contribution in [0.4, 0.5) is 0 Å². The molecular formula is C8H11NO2. The Morgan fingerprint density at radius 3 is 3.00 bits per heavy atom. The molecule has 0 fully saturated rings. The first-order chi connectivity index (χ1) is 5.22. The van der Waals surface area contributed by atoms with Crippen molar-refractivity contribution in [1.29, 1.82) is 0 Å². The number of carbonyl (C=O) groups is 2. The van der Waals surface area contributed by atoms with E-state index in [1.165, 1.54) is 11.8 Å². The van der Waals surface area contributed by atoms with E-state index in [2.05, 4.69) is 0 Å². The molecular weight excluding hydrogens is 142 g/mol. The fourth-order valence-electron chi connectivity index (χ4n) is 1.04. The number of allylic oxidation sites excluding steroid dienone is 1. The molecule has 0 N–H and O–H groups in total. The van der Waals surface area contributed by atoms with Crippen LogP contribution in [0.5, 0.6) is 0 Å². The van der Waals surface area contributed by atoms with Crippen LogP contribution < -0.4 is 0 Å². The zero-order chi connectivity index (χ0) is 8.27. The van der Waals surface area contributed by atoms with E-state index in [9.17, 15) is 9.59 Å². The Balaban J connectivity index is 2.73. The highest BCUT2D eigenvalue weighted by atomic mass is 16.2. The van der Waals surface area contributed by atoms with Gasteiger partial charge in [0.2, 0.25) is 11.8 Å². The Labute approximate surface area is 65.7 Å². The van der Waals surface area contributed by atoms with Gasteiger partial charge in [0, 0.05) is 19.5 Å². The van der Waals surface area contributed by atoms with Gasteiger partial charge >= 0.3 is 0 Å². The fourth-order valence-corrected chi connectivity index (χ4v) is 1.04. The van der Waals surface area contributed by atoms with E-state index < -0.39 is 0 Å². The highest BCUT2D eigenvalue weighted by Crippen LogP contribution is 2.08. The molecule has 1 heterocycles. The molecule has 3 nitrogen and oxygen atoms in total. The second kappa shape index (κ2) is 3.32. The van der Waals surface area contributed by atoms with E-state index in [0.29, 0.717) is 6.42 Å². The van der Waals surface area contributed by atoms with Crippen LogP contribution in [0.1, 0.15) is 26.2 Å². The van der Waals surface area contributed by atoms with E-state index in [1.807, 2.05) is 6.08 Å². The van der Waals surface area contributed by atoms with Crippen molar-refractivity contribution in [3.63, 3.8) is 0 Å². The van der Waals surface area contributed by atoms with Gasteiger partial charge in [0.25, 0.3) is 0 Å². The number of rotatable bonds is 0. The molecule has 0 radical (unpaired) electrons. The van der Waals surface area contributed by atoms with Gasteiger partial charge in [-0.25, -0.2) is 0 Å². The van der Waals surface area contributed by atoms with E-state index in [4.69, 9.17) is 0 Å². The molecule has 0 aliphatic carbocycles. The molecule has 0 unspecified atom stereocenters. The Hall–Kier alpha value is -1.12. The van der Waals surface area contributed by atoms with Gasteiger partial charge in [0.05, 0.1) is 0 Å². The quantitative estimate of drug-likeness (QED) is 0.521. The molecule has 1 aliphatic rings. The average molecular weight is 153 g/mol. The maximum Gasteiger partial charge on any atom is 0.233 e. The highest BCUT2D eigenvalue weighted by molar-refractivity contribution is 5.95. The van der Waals surface area contributed by atoms with E-state index in [0.717, 1.165) is 12.8 Å². The summed E-state index contributed by atoms with van der Waals surface area (Å²) in [5, 5.41) is 0. The number of imide groups is 1. The molecule has 0 spiro atoms. The Morgan fingerprint density at radius 1 is 1.64 bits per heavy atom. The average Bonchev–Trinajstić information content (AvgIpc) is 2.13. The predicted octanol–water partition coefficient (Wildman–Crippen LogP) is 1.06. The molecule has 11 heavy (non-hydrogen) atoms. The lowest BCUT2D eigenvalue weighted by Gasteiger charge is -2.10. The summed E-state index contributed by atoms with van der Waals surface area (Å²) >= 11 is 0. The van der Waals surface area contributed by atoms with Crippen LogP contribution in [-0.4, -0.2) is 16.7 Å². The fraction of sp³-hybridized carbons (Fsp3) is 0.500. The standard InChI is InChI=1S/C8H11NO2/c1-7(10)9-6-4-2-3-5-8(9)11/h4,6H,2-3,5H2,1H3. The van der Waals surface area contributed by atoms with Gasteiger partial charge in [-0.3, -0.25) is 14.5 Å². The molecule has 0 aromatic carbocycles. The summed E-state index contributed by atoms with van der Waals surface area (Å²) in [7, 11) is 0. The third kappa shape index (κ3) is 1.90. The summed E-state index contributed by atoms with van der Waals surface area (Å²) in [4.78, 5) is 23.1. The van der Waals surface area contributed by atoms with Crippen LogP contribution in [0.2, 0.25) is 0 Å². The minimum absolute atomic E-state index is 0.0914. The van der Waals surface area contributed by atoms with Gasteiger partial charge in [0.15, 0.2) is 0 Å². The van der Waals surface area contributed by atoms with Gasteiger partial charge in [0.1, 0.15) is 0 Å². The number of hydrogen-bond donors (Lipinski definition) is 0. The molecule has 1 rings (SSSR count). The normalized spacial score (nSPS) is 18.3. The highest BCUT2D eigenvalue weighted by Gasteiger charge is 2.15. The second-order valence-electron chi connectivity index (χ2n) is 2.56. The van der Waals surface area contributed by atoms with Gasteiger partial charge in [-0.05, 0) is 12.8 Å². The van der Waals surface area contributed by atoms with Crippen molar-refractivity contribution >= 4 is 11.8 Å². The van der Waals surface area contributed by atoms with Crippen LogP contribution >= 0.6 is 0 Å². The molecule has 60 valence electrons. The van der Waals surface area contributed by atoms with E-state index in [-0.39, 0.29) is 11.8 Å². The number of nitrogens with zero attached hydrogens (tertiary/aromatic N) is 1. The Morgan fingerprint density at radius 2 is 2.36 bits per heavy atom. The first-order valence-electron chi connectivity index (χ1n) is 3.71. The smallest absolute Gasteiger partial charge is 0.233 e. The van der Waals surface area contributed by atoms with Crippen LogP contribution in [0, 0.1) is 0 Å². The predicted molar refractivity (Wildman–Crippen MR) is 40.5 cm³/mol. The molecule has 3 heteroatoms. The lowest BCUT2D eigenvalue weighted by atomic mass is 10.2. The third-order valence-corrected chi connectivity index (χ3v) is 1.62. The van der Waals surface area contributed by atoms with Crippen LogP contribution in [0.15, 0.2) is 12.3 Å². The van der Waals surface area contributed by atoms with Crippen molar-refractivity contribution in [2.24, 2.45) is 0 Å². The molecule has 0 bridgehead atoms. The third-order valence-electron chi connectivity index (χ3n) is 1.62. The van der Waals surface area contributed by atoms with Crippen molar-refractivity contribution in [2.45, 2.75) is 26.2 Å². The Bertz CT molecular complexity index is 208. The topological polar surface area (TPSA) is 37.4 Å². The minimum atomic E-state index is -0.201. The second-order valence-corrected chi connectivity index (χ2v) is 2.56. The molecule has 0 saturated heterocycles. The monoisotopic (exact) mass is 153 g/mol. The van der Waals surface area contributed by atoms with Gasteiger partial charge in [-0.15, -0.1) is 0 Å². The molecule has 0 aromatic heterocycles. The van der Waals surface area contributed by atoms with Crippen molar-refractivity contribution in [3.05, 3.63) is 12.3 Å². The number of amides is 2. The van der Waals surface area contributed by atoms with E-state index in [1.54, 1.807) is 6.20 Å². The van der Waals surface area contributed by atoms with Gasteiger partial charge in [-0.1, -0.05) is 6.08 Å².